The van der Waals surface area contributed by atoms with E-state index in [-0.39, 0.29) is 11.8 Å². The van der Waals surface area contributed by atoms with Gasteiger partial charge in [0.1, 0.15) is 0 Å². The highest BCUT2D eigenvalue weighted by molar-refractivity contribution is 6.32. The van der Waals surface area contributed by atoms with Crippen LogP contribution in [0.3, 0.4) is 0 Å². The minimum atomic E-state index is -0.364. The largest absolute Gasteiger partial charge is 0.494 e. The van der Waals surface area contributed by atoms with Gasteiger partial charge in [0.05, 0.1) is 22.5 Å². The van der Waals surface area contributed by atoms with Gasteiger partial charge in [-0.15, -0.1) is 0 Å². The Kier molecular flexibility index (Phi) is 4.10. The van der Waals surface area contributed by atoms with Crippen LogP contribution >= 0.6 is 23.2 Å². The fourth-order valence-electron chi connectivity index (χ4n) is 3.28. The van der Waals surface area contributed by atoms with Crippen molar-refractivity contribution in [1.29, 1.82) is 0 Å². The van der Waals surface area contributed by atoms with Gasteiger partial charge >= 0.3 is 0 Å². The van der Waals surface area contributed by atoms with E-state index in [9.17, 15) is 9.90 Å². The minimum absolute atomic E-state index is 0.0343. The highest BCUT2D eigenvalue weighted by Gasteiger charge is 2.35. The molecule has 0 saturated carbocycles. The van der Waals surface area contributed by atoms with E-state index in [4.69, 9.17) is 23.2 Å². The second kappa shape index (κ2) is 6.31. The summed E-state index contributed by atoms with van der Waals surface area (Å²) in [5, 5.41) is 12.0. The molecule has 1 aliphatic heterocycles. The highest BCUT2D eigenvalue weighted by Crippen LogP contribution is 2.41. The van der Waals surface area contributed by atoms with Crippen molar-refractivity contribution in [2.45, 2.75) is 13.5 Å². The average Bonchev–Trinajstić information content (AvgIpc) is 3.12. The molecule has 0 unspecified atom stereocenters. The first kappa shape index (κ1) is 16.9. The van der Waals surface area contributed by atoms with E-state index in [1.807, 2.05) is 19.1 Å². The molecule has 0 radical (unpaired) electrons. The molecule has 0 aliphatic carbocycles. The molecule has 1 aromatic heterocycles. The molecule has 0 spiro atoms. The molecule has 4 rings (SSSR count). The average molecular weight is 385 g/mol. The number of carbonyl (C=O) groups excluding carboxylic acids is 1. The van der Waals surface area contributed by atoms with Crippen molar-refractivity contribution in [2.24, 2.45) is 4.99 Å². The number of hydrogen-bond donors (Lipinski definition) is 1. The zero-order chi connectivity index (χ0) is 18.4. The lowest BCUT2D eigenvalue weighted by Crippen LogP contribution is -2.02. The van der Waals surface area contributed by atoms with Gasteiger partial charge < -0.3 is 9.67 Å². The van der Waals surface area contributed by atoms with Crippen LogP contribution in [0, 0.1) is 0 Å². The first-order chi connectivity index (χ1) is 12.5. The molecule has 0 bridgehead atoms. The molecule has 26 heavy (non-hydrogen) atoms. The molecular weight excluding hydrogens is 371 g/mol. The number of amides is 1. The van der Waals surface area contributed by atoms with Gasteiger partial charge in [-0.1, -0.05) is 47.5 Å². The number of aromatic hydroxyl groups is 1. The number of nitrogens with zero attached hydrogens (tertiary/aromatic N) is 2. The Hall–Kier alpha value is -2.56. The number of halogens is 2. The van der Waals surface area contributed by atoms with Crippen LogP contribution in [0.25, 0.3) is 11.3 Å². The quantitative estimate of drug-likeness (QED) is 0.676. The van der Waals surface area contributed by atoms with Crippen molar-refractivity contribution < 1.29 is 9.90 Å². The predicted octanol–water partition coefficient (Wildman–Crippen LogP) is 5.18. The van der Waals surface area contributed by atoms with Crippen LogP contribution in [0.2, 0.25) is 10.0 Å². The Balaban J connectivity index is 1.95. The molecular formula is C20H14Cl2N2O2. The first-order valence-electron chi connectivity index (χ1n) is 8.12. The molecule has 1 amide bonds. The van der Waals surface area contributed by atoms with Crippen LogP contribution in [-0.4, -0.2) is 21.3 Å². The molecule has 0 fully saturated rings. The van der Waals surface area contributed by atoms with Crippen molar-refractivity contribution in [3.8, 4) is 17.1 Å². The van der Waals surface area contributed by atoms with E-state index in [1.54, 1.807) is 41.0 Å². The predicted molar refractivity (Wildman–Crippen MR) is 104 cm³/mol. The van der Waals surface area contributed by atoms with Gasteiger partial charge in [0, 0.05) is 22.2 Å². The summed E-state index contributed by atoms with van der Waals surface area (Å²) in [5.41, 5.74) is 3.51. The summed E-state index contributed by atoms with van der Waals surface area (Å²) in [6, 6.07) is 14.2. The van der Waals surface area contributed by atoms with Crippen molar-refractivity contribution in [3.05, 3.63) is 75.3 Å². The van der Waals surface area contributed by atoms with Crippen LogP contribution < -0.4 is 0 Å². The van der Waals surface area contributed by atoms with E-state index in [0.717, 1.165) is 11.1 Å². The maximum absolute atomic E-state index is 12.7. The highest BCUT2D eigenvalue weighted by atomic mass is 35.5. The van der Waals surface area contributed by atoms with E-state index < -0.39 is 0 Å². The molecule has 1 aliphatic rings. The molecule has 130 valence electrons. The Morgan fingerprint density at radius 2 is 1.46 bits per heavy atom. The molecule has 0 atom stereocenters. The molecule has 0 saturated heterocycles. The maximum atomic E-state index is 12.7. The molecule has 3 aromatic rings. The molecule has 4 nitrogen and oxygen atoms in total. The fraction of sp³-hybridized carbons (Fsp3) is 0.100. The lowest BCUT2D eigenvalue weighted by atomic mass is 10.0. The Morgan fingerprint density at radius 3 is 2.00 bits per heavy atom. The number of carbonyl (C=O) groups is 1. The Morgan fingerprint density at radius 1 is 0.923 bits per heavy atom. The monoisotopic (exact) mass is 384 g/mol. The fourth-order valence-corrected chi connectivity index (χ4v) is 3.54. The van der Waals surface area contributed by atoms with Gasteiger partial charge in [0.15, 0.2) is 0 Å². The van der Waals surface area contributed by atoms with Crippen LogP contribution in [0.1, 0.15) is 28.4 Å². The summed E-state index contributed by atoms with van der Waals surface area (Å²) < 4.78 is 1.72. The van der Waals surface area contributed by atoms with Crippen molar-refractivity contribution in [2.75, 3.05) is 0 Å². The smallest absolute Gasteiger partial charge is 0.280 e. The van der Waals surface area contributed by atoms with Gasteiger partial charge in [0.2, 0.25) is 5.88 Å². The standard InChI is InChI=1S/C20H14Cl2N2O2/c1-2-24-18(12-5-9-14(22)10-6-12)16-15(20(24)26)17(23-19(16)25)11-3-7-13(21)8-4-11/h3-10,26H,2H2,1H3. The summed E-state index contributed by atoms with van der Waals surface area (Å²) in [6.45, 7) is 2.43. The van der Waals surface area contributed by atoms with Crippen LogP contribution in [0.5, 0.6) is 5.88 Å². The summed E-state index contributed by atoms with van der Waals surface area (Å²) >= 11 is 11.9. The van der Waals surface area contributed by atoms with Crippen LogP contribution in [-0.2, 0) is 6.54 Å². The van der Waals surface area contributed by atoms with Crippen LogP contribution in [0.15, 0.2) is 53.5 Å². The summed E-state index contributed by atoms with van der Waals surface area (Å²) in [7, 11) is 0. The Bertz CT molecular complexity index is 1050. The van der Waals surface area contributed by atoms with Gasteiger partial charge in [-0.05, 0) is 36.8 Å². The molecule has 1 N–H and O–H groups in total. The number of aromatic nitrogens is 1. The number of benzene rings is 2. The molecule has 2 heterocycles. The van der Waals surface area contributed by atoms with Crippen molar-refractivity contribution in [3.63, 3.8) is 0 Å². The third-order valence-corrected chi connectivity index (χ3v) is 4.96. The third-order valence-electron chi connectivity index (χ3n) is 4.45. The summed E-state index contributed by atoms with van der Waals surface area (Å²) in [5.74, 6) is -0.329. The zero-order valence-electron chi connectivity index (χ0n) is 13.8. The Labute approximate surface area is 160 Å². The van der Waals surface area contributed by atoms with E-state index in [1.165, 1.54) is 0 Å². The second-order valence-corrected chi connectivity index (χ2v) is 6.82. The summed E-state index contributed by atoms with van der Waals surface area (Å²) in [4.78, 5) is 16.9. The lowest BCUT2D eigenvalue weighted by molar-refractivity contribution is 0.101. The number of aliphatic imine (C=N–C) groups is 1. The summed E-state index contributed by atoms with van der Waals surface area (Å²) in [6.07, 6.45) is 0. The number of hydrogen-bond acceptors (Lipinski definition) is 2. The molecule has 6 heteroatoms. The first-order valence-corrected chi connectivity index (χ1v) is 8.87. The van der Waals surface area contributed by atoms with E-state index in [0.29, 0.717) is 39.1 Å². The third kappa shape index (κ3) is 2.54. The zero-order valence-corrected chi connectivity index (χ0v) is 15.3. The number of rotatable bonds is 3. The van der Waals surface area contributed by atoms with Gasteiger partial charge in [-0.25, -0.2) is 4.99 Å². The van der Waals surface area contributed by atoms with Crippen molar-refractivity contribution in [1.82, 2.24) is 4.57 Å². The topological polar surface area (TPSA) is 54.6 Å². The van der Waals surface area contributed by atoms with Gasteiger partial charge in [-0.3, -0.25) is 4.79 Å². The van der Waals surface area contributed by atoms with Crippen molar-refractivity contribution >= 4 is 34.8 Å². The lowest BCUT2D eigenvalue weighted by Gasteiger charge is -2.10. The second-order valence-electron chi connectivity index (χ2n) is 5.95. The maximum Gasteiger partial charge on any atom is 0.280 e. The van der Waals surface area contributed by atoms with Gasteiger partial charge in [0.25, 0.3) is 5.91 Å². The SMILES string of the molecule is CCn1c(O)c2c(c1-c1ccc(Cl)cc1)C(=O)N=C2c1ccc(Cl)cc1. The van der Waals surface area contributed by atoms with E-state index >= 15 is 0 Å². The van der Waals surface area contributed by atoms with Crippen LogP contribution in [0.4, 0.5) is 0 Å². The molecule has 2 aromatic carbocycles. The normalized spacial score (nSPS) is 13.0. The van der Waals surface area contributed by atoms with E-state index in [2.05, 4.69) is 4.99 Å². The number of fused-ring (bicyclic) bond motifs is 1. The van der Waals surface area contributed by atoms with Gasteiger partial charge in [-0.2, -0.15) is 0 Å². The minimum Gasteiger partial charge on any atom is -0.494 e.